The third kappa shape index (κ3) is 1.39. The molecule has 0 bridgehead atoms. The van der Waals surface area contributed by atoms with Crippen LogP contribution in [0.3, 0.4) is 0 Å². The first kappa shape index (κ1) is 8.20. The van der Waals surface area contributed by atoms with Gasteiger partial charge in [0.1, 0.15) is 0 Å². The molecule has 0 aliphatic carbocycles. The summed E-state index contributed by atoms with van der Waals surface area (Å²) in [7, 11) is 2.18. The smallest absolute Gasteiger partial charge is 0.0683 e. The zero-order chi connectivity index (χ0) is 8.60. The van der Waals surface area contributed by atoms with Crippen molar-refractivity contribution in [3.05, 3.63) is 0 Å². The van der Waals surface area contributed by atoms with Gasteiger partial charge >= 0.3 is 0 Å². The molecule has 68 valence electrons. The van der Waals surface area contributed by atoms with Crippen LogP contribution in [-0.2, 0) is 0 Å². The maximum absolute atomic E-state index is 4.43. The zero-order valence-corrected chi connectivity index (χ0v) is 7.88. The molecule has 2 rings (SSSR count). The molecule has 12 heavy (non-hydrogen) atoms. The summed E-state index contributed by atoms with van der Waals surface area (Å²) < 4.78 is 0. The van der Waals surface area contributed by atoms with Crippen LogP contribution in [0.15, 0.2) is 4.99 Å². The van der Waals surface area contributed by atoms with Gasteiger partial charge < -0.3 is 10.2 Å². The molecule has 3 heteroatoms. The van der Waals surface area contributed by atoms with Gasteiger partial charge in [-0.3, -0.25) is 4.99 Å². The van der Waals surface area contributed by atoms with Crippen molar-refractivity contribution in [1.82, 2.24) is 10.2 Å². The summed E-state index contributed by atoms with van der Waals surface area (Å²) >= 11 is 0. The number of nitrogens with zero attached hydrogens (tertiary/aromatic N) is 2. The van der Waals surface area contributed by atoms with Crippen molar-refractivity contribution in [2.24, 2.45) is 4.99 Å². The molecule has 0 aromatic heterocycles. The molecule has 2 atom stereocenters. The van der Waals surface area contributed by atoms with E-state index in [4.69, 9.17) is 0 Å². The van der Waals surface area contributed by atoms with Crippen molar-refractivity contribution >= 4 is 6.21 Å². The van der Waals surface area contributed by atoms with Crippen molar-refractivity contribution in [1.29, 1.82) is 0 Å². The van der Waals surface area contributed by atoms with Crippen LogP contribution in [0.5, 0.6) is 0 Å². The maximum atomic E-state index is 4.43. The fourth-order valence-electron chi connectivity index (χ4n) is 2.24. The highest BCUT2D eigenvalue weighted by Crippen LogP contribution is 2.22. The minimum Gasteiger partial charge on any atom is -0.304 e. The highest BCUT2D eigenvalue weighted by Gasteiger charge is 2.36. The Labute approximate surface area is 73.9 Å². The summed E-state index contributed by atoms with van der Waals surface area (Å²) in [4.78, 5) is 6.81. The van der Waals surface area contributed by atoms with Crippen molar-refractivity contribution in [3.8, 4) is 0 Å². The molecule has 1 fully saturated rings. The Morgan fingerprint density at radius 3 is 3.08 bits per heavy atom. The highest BCUT2D eigenvalue weighted by molar-refractivity contribution is 5.73. The fourth-order valence-corrected chi connectivity index (χ4v) is 2.24. The van der Waals surface area contributed by atoms with Gasteiger partial charge in [-0.2, -0.15) is 0 Å². The van der Waals surface area contributed by atoms with E-state index in [1.54, 1.807) is 0 Å². The fraction of sp³-hybridized carbons (Fsp3) is 0.889. The lowest BCUT2D eigenvalue weighted by molar-refractivity contribution is 0.203. The van der Waals surface area contributed by atoms with E-state index in [1.807, 2.05) is 0 Å². The van der Waals surface area contributed by atoms with Gasteiger partial charge in [0.25, 0.3) is 0 Å². The molecule has 0 saturated carbocycles. The van der Waals surface area contributed by atoms with Crippen LogP contribution in [0, 0.1) is 0 Å². The van der Waals surface area contributed by atoms with Crippen LogP contribution in [0.25, 0.3) is 0 Å². The Bertz CT molecular complexity index is 202. The van der Waals surface area contributed by atoms with E-state index >= 15 is 0 Å². The lowest BCUT2D eigenvalue weighted by Gasteiger charge is -2.38. The molecule has 2 unspecified atom stereocenters. The number of hydrogen-bond acceptors (Lipinski definition) is 3. The zero-order valence-electron chi connectivity index (χ0n) is 7.88. The monoisotopic (exact) mass is 167 g/mol. The second-order valence-electron chi connectivity index (χ2n) is 4.15. The summed E-state index contributed by atoms with van der Waals surface area (Å²) in [5.74, 6) is 0. The van der Waals surface area contributed by atoms with Crippen LogP contribution in [0.1, 0.15) is 13.3 Å². The molecule has 0 amide bonds. The van der Waals surface area contributed by atoms with Gasteiger partial charge in [-0.1, -0.05) is 0 Å². The number of nitrogens with one attached hydrogen (secondary N) is 1. The minimum atomic E-state index is 0.201. The van der Waals surface area contributed by atoms with E-state index in [2.05, 4.69) is 35.4 Å². The van der Waals surface area contributed by atoms with Crippen LogP contribution in [0.2, 0.25) is 0 Å². The molecule has 0 aromatic carbocycles. The van der Waals surface area contributed by atoms with Crippen molar-refractivity contribution in [2.45, 2.75) is 24.9 Å². The van der Waals surface area contributed by atoms with E-state index in [-0.39, 0.29) is 5.54 Å². The molecule has 0 radical (unpaired) electrons. The Kier molecular flexibility index (Phi) is 1.93. The van der Waals surface area contributed by atoms with Gasteiger partial charge in [-0.05, 0) is 20.4 Å². The van der Waals surface area contributed by atoms with E-state index < -0.39 is 0 Å². The second kappa shape index (κ2) is 2.82. The Balaban J connectivity index is 2.06. The first-order valence-corrected chi connectivity index (χ1v) is 4.68. The predicted octanol–water partition coefficient (Wildman–Crippen LogP) is 0.123. The Hall–Kier alpha value is -0.410. The van der Waals surface area contributed by atoms with Gasteiger partial charge in [0.15, 0.2) is 0 Å². The third-order valence-corrected chi connectivity index (χ3v) is 2.76. The summed E-state index contributed by atoms with van der Waals surface area (Å²) in [5.41, 5.74) is 0.201. The number of rotatable bonds is 0. The molecular formula is C9H17N3. The van der Waals surface area contributed by atoms with Gasteiger partial charge in [0, 0.05) is 31.9 Å². The average Bonchev–Trinajstić information content (AvgIpc) is 2.32. The normalized spacial score (nSPS) is 42.7. The summed E-state index contributed by atoms with van der Waals surface area (Å²) in [5, 5.41) is 3.56. The first-order valence-electron chi connectivity index (χ1n) is 4.68. The molecular weight excluding hydrogens is 150 g/mol. The van der Waals surface area contributed by atoms with E-state index in [0.29, 0.717) is 6.04 Å². The Morgan fingerprint density at radius 1 is 1.67 bits per heavy atom. The molecule has 1 spiro atoms. The van der Waals surface area contributed by atoms with E-state index in [1.165, 1.54) is 0 Å². The second-order valence-corrected chi connectivity index (χ2v) is 4.15. The Morgan fingerprint density at radius 2 is 2.50 bits per heavy atom. The summed E-state index contributed by atoms with van der Waals surface area (Å²) in [6.07, 6.45) is 3.28. The lowest BCUT2D eigenvalue weighted by atomic mass is 9.94. The van der Waals surface area contributed by atoms with Crippen LogP contribution in [-0.4, -0.2) is 49.4 Å². The molecule has 1 N–H and O–H groups in total. The quantitative estimate of drug-likeness (QED) is 0.555. The maximum Gasteiger partial charge on any atom is 0.0683 e. The topological polar surface area (TPSA) is 27.6 Å². The van der Waals surface area contributed by atoms with Gasteiger partial charge in [-0.15, -0.1) is 0 Å². The molecule has 0 aromatic rings. The van der Waals surface area contributed by atoms with Gasteiger partial charge in [0.05, 0.1) is 5.54 Å². The average molecular weight is 167 g/mol. The number of hydrogen-bond donors (Lipinski definition) is 1. The third-order valence-electron chi connectivity index (χ3n) is 2.76. The predicted molar refractivity (Wildman–Crippen MR) is 50.8 cm³/mol. The van der Waals surface area contributed by atoms with E-state index in [9.17, 15) is 0 Å². The molecule has 2 aliphatic heterocycles. The lowest BCUT2D eigenvalue weighted by Crippen LogP contribution is -2.59. The SMILES string of the molecule is CC1CC2(C=N1)CN(C)CCN2. The minimum absolute atomic E-state index is 0.201. The molecule has 2 heterocycles. The van der Waals surface area contributed by atoms with Crippen molar-refractivity contribution in [3.63, 3.8) is 0 Å². The number of aliphatic imine (C=N–C) groups is 1. The van der Waals surface area contributed by atoms with Crippen LogP contribution < -0.4 is 5.32 Å². The largest absolute Gasteiger partial charge is 0.304 e. The van der Waals surface area contributed by atoms with E-state index in [0.717, 1.165) is 26.1 Å². The van der Waals surface area contributed by atoms with Gasteiger partial charge in [0.2, 0.25) is 0 Å². The first-order chi connectivity index (χ1) is 5.70. The van der Waals surface area contributed by atoms with Crippen molar-refractivity contribution < 1.29 is 0 Å². The van der Waals surface area contributed by atoms with Gasteiger partial charge in [-0.25, -0.2) is 0 Å². The molecule has 1 saturated heterocycles. The molecule has 3 nitrogen and oxygen atoms in total. The summed E-state index contributed by atoms with van der Waals surface area (Å²) in [6.45, 7) is 5.54. The number of piperazine rings is 1. The summed E-state index contributed by atoms with van der Waals surface area (Å²) in [6, 6.07) is 0.504. The standard InChI is InChI=1S/C9H17N3/c1-8-5-9(6-10-8)7-12(2)4-3-11-9/h6,8,11H,3-5,7H2,1-2H3. The van der Waals surface area contributed by atoms with Crippen LogP contribution in [0.4, 0.5) is 0 Å². The molecule has 2 aliphatic rings. The van der Waals surface area contributed by atoms with Crippen molar-refractivity contribution in [2.75, 3.05) is 26.7 Å². The highest BCUT2D eigenvalue weighted by atomic mass is 15.2. The van der Waals surface area contributed by atoms with Crippen LogP contribution >= 0.6 is 0 Å². The number of likely N-dealkylation sites (N-methyl/N-ethyl adjacent to an activating group) is 1.